The van der Waals surface area contributed by atoms with Gasteiger partial charge in [0.25, 0.3) is 5.91 Å². The van der Waals surface area contributed by atoms with Crippen LogP contribution in [0.15, 0.2) is 24.3 Å². The van der Waals surface area contributed by atoms with Crippen LogP contribution in [0.4, 0.5) is 14.5 Å². The smallest absolute Gasteiger partial charge is 0.265 e. The monoisotopic (exact) mass is 307 g/mol. The maximum Gasteiger partial charge on any atom is 0.265 e. The molecule has 0 saturated carbocycles. The van der Waals surface area contributed by atoms with Crippen LogP contribution in [-0.2, 0) is 12.8 Å². The molecular weight excluding hydrogens is 292 g/mol. The van der Waals surface area contributed by atoms with Gasteiger partial charge in [0, 0.05) is 10.9 Å². The molecule has 3 rings (SSSR count). The number of anilines is 1. The van der Waals surface area contributed by atoms with Gasteiger partial charge in [-0.15, -0.1) is 11.3 Å². The molecule has 0 spiro atoms. The standard InChI is InChI=1S/C16H15F2NOS/c1-9-2-5-14-10(6-9)7-15(21-14)16(20)19-13-4-3-11(17)8-12(13)18/h3-4,7-9H,2,5-6H2,1H3,(H,19,20)/t9-/m1/s1. The van der Waals surface area contributed by atoms with Gasteiger partial charge in [-0.3, -0.25) is 4.79 Å². The van der Waals surface area contributed by atoms with Crippen molar-refractivity contribution in [2.45, 2.75) is 26.2 Å². The Kier molecular flexibility index (Phi) is 3.76. The number of aryl methyl sites for hydroxylation is 1. The Morgan fingerprint density at radius 3 is 2.90 bits per heavy atom. The Balaban J connectivity index is 1.79. The van der Waals surface area contributed by atoms with E-state index in [1.807, 2.05) is 6.07 Å². The van der Waals surface area contributed by atoms with Crippen molar-refractivity contribution in [3.63, 3.8) is 0 Å². The maximum absolute atomic E-state index is 13.6. The Hall–Kier alpha value is -1.75. The number of carbonyl (C=O) groups excluding carboxylic acids is 1. The zero-order valence-corrected chi connectivity index (χ0v) is 12.4. The molecule has 1 aromatic carbocycles. The van der Waals surface area contributed by atoms with Crippen molar-refractivity contribution in [1.29, 1.82) is 0 Å². The second-order valence-corrected chi connectivity index (χ2v) is 6.62. The number of benzene rings is 1. The molecule has 0 saturated heterocycles. The van der Waals surface area contributed by atoms with Crippen LogP contribution in [0.25, 0.3) is 0 Å². The molecule has 5 heteroatoms. The van der Waals surface area contributed by atoms with Gasteiger partial charge in [0.15, 0.2) is 0 Å². The number of nitrogens with one attached hydrogen (secondary N) is 1. The first kappa shape index (κ1) is 14.2. The van der Waals surface area contributed by atoms with Gasteiger partial charge in [-0.2, -0.15) is 0 Å². The second-order valence-electron chi connectivity index (χ2n) is 5.49. The van der Waals surface area contributed by atoms with E-state index >= 15 is 0 Å². The number of fused-ring (bicyclic) bond motifs is 1. The van der Waals surface area contributed by atoms with Crippen LogP contribution in [0, 0.1) is 17.6 Å². The number of halogens is 2. The first-order chi connectivity index (χ1) is 10.0. The van der Waals surface area contributed by atoms with Gasteiger partial charge in [0.05, 0.1) is 10.6 Å². The number of carbonyl (C=O) groups is 1. The highest BCUT2D eigenvalue weighted by Gasteiger charge is 2.21. The van der Waals surface area contributed by atoms with Gasteiger partial charge in [-0.05, 0) is 48.9 Å². The fourth-order valence-electron chi connectivity index (χ4n) is 2.59. The molecular formula is C16H15F2NOS. The summed E-state index contributed by atoms with van der Waals surface area (Å²) in [7, 11) is 0. The number of hydrogen-bond acceptors (Lipinski definition) is 2. The van der Waals surface area contributed by atoms with Crippen LogP contribution >= 0.6 is 11.3 Å². The van der Waals surface area contributed by atoms with Crippen molar-refractivity contribution in [3.8, 4) is 0 Å². The van der Waals surface area contributed by atoms with Crippen LogP contribution in [0.2, 0.25) is 0 Å². The van der Waals surface area contributed by atoms with Crippen LogP contribution in [0.5, 0.6) is 0 Å². The molecule has 1 aliphatic rings. The minimum absolute atomic E-state index is 0.00106. The summed E-state index contributed by atoms with van der Waals surface area (Å²) < 4.78 is 26.4. The lowest BCUT2D eigenvalue weighted by molar-refractivity contribution is 0.103. The zero-order valence-electron chi connectivity index (χ0n) is 11.6. The summed E-state index contributed by atoms with van der Waals surface area (Å²) in [6.07, 6.45) is 3.13. The summed E-state index contributed by atoms with van der Waals surface area (Å²) in [5.74, 6) is -1.13. The molecule has 0 bridgehead atoms. The van der Waals surface area contributed by atoms with Gasteiger partial charge in [-0.25, -0.2) is 8.78 Å². The van der Waals surface area contributed by atoms with Crippen LogP contribution in [0.1, 0.15) is 33.5 Å². The average Bonchev–Trinajstić information content (AvgIpc) is 2.85. The molecule has 2 nitrogen and oxygen atoms in total. The van der Waals surface area contributed by atoms with E-state index in [9.17, 15) is 13.6 Å². The SMILES string of the molecule is C[C@@H]1CCc2sc(C(=O)Nc3ccc(F)cc3F)cc2C1. The third-order valence-electron chi connectivity index (χ3n) is 3.73. The highest BCUT2D eigenvalue weighted by atomic mass is 32.1. The van der Waals surface area contributed by atoms with Crippen LogP contribution in [0.3, 0.4) is 0 Å². The van der Waals surface area contributed by atoms with Gasteiger partial charge >= 0.3 is 0 Å². The summed E-state index contributed by atoms with van der Waals surface area (Å²) >= 11 is 1.47. The molecule has 1 N–H and O–H groups in total. The summed E-state index contributed by atoms with van der Waals surface area (Å²) in [6.45, 7) is 2.20. The van der Waals surface area contributed by atoms with E-state index in [1.54, 1.807) is 0 Å². The van der Waals surface area contributed by atoms with Crippen molar-refractivity contribution >= 4 is 22.9 Å². The summed E-state index contributed by atoms with van der Waals surface area (Å²) in [4.78, 5) is 14.0. The molecule has 21 heavy (non-hydrogen) atoms. The van der Waals surface area contributed by atoms with Crippen LogP contribution < -0.4 is 5.32 Å². The van der Waals surface area contributed by atoms with Crippen molar-refractivity contribution < 1.29 is 13.6 Å². The third-order valence-corrected chi connectivity index (χ3v) is 4.97. The molecule has 1 heterocycles. The fraction of sp³-hybridized carbons (Fsp3) is 0.312. The Labute approximate surface area is 125 Å². The zero-order chi connectivity index (χ0) is 15.0. The van der Waals surface area contributed by atoms with Crippen LogP contribution in [-0.4, -0.2) is 5.91 Å². The molecule has 110 valence electrons. The molecule has 2 aromatic rings. The third kappa shape index (κ3) is 2.97. The topological polar surface area (TPSA) is 29.1 Å². The Morgan fingerprint density at radius 2 is 2.14 bits per heavy atom. The van der Waals surface area contributed by atoms with E-state index in [0.717, 1.165) is 31.4 Å². The normalized spacial score (nSPS) is 17.4. The van der Waals surface area contributed by atoms with Gasteiger partial charge in [-0.1, -0.05) is 6.92 Å². The largest absolute Gasteiger partial charge is 0.319 e. The predicted octanol–water partition coefficient (Wildman–Crippen LogP) is 4.40. The minimum atomic E-state index is -0.765. The van der Waals surface area contributed by atoms with Crippen molar-refractivity contribution in [2.75, 3.05) is 5.32 Å². The molecule has 1 aromatic heterocycles. The number of thiophene rings is 1. The lowest BCUT2D eigenvalue weighted by Crippen LogP contribution is -2.11. The van der Waals surface area contributed by atoms with Gasteiger partial charge < -0.3 is 5.32 Å². The van der Waals surface area contributed by atoms with E-state index in [-0.39, 0.29) is 11.6 Å². The predicted molar refractivity (Wildman–Crippen MR) is 79.8 cm³/mol. The Bertz CT molecular complexity index is 696. The molecule has 1 atom stereocenters. The summed E-state index contributed by atoms with van der Waals surface area (Å²) in [5, 5.41) is 2.50. The van der Waals surface area contributed by atoms with E-state index < -0.39 is 11.6 Å². The Morgan fingerprint density at radius 1 is 1.33 bits per heavy atom. The molecule has 0 aliphatic heterocycles. The fourth-order valence-corrected chi connectivity index (χ4v) is 3.70. The van der Waals surface area contributed by atoms with Crippen molar-refractivity contribution in [1.82, 2.24) is 0 Å². The minimum Gasteiger partial charge on any atom is -0.319 e. The molecule has 0 radical (unpaired) electrons. The second kappa shape index (κ2) is 5.56. The lowest BCUT2D eigenvalue weighted by Gasteiger charge is -2.16. The van der Waals surface area contributed by atoms with E-state index in [2.05, 4.69) is 12.2 Å². The quantitative estimate of drug-likeness (QED) is 0.875. The number of amides is 1. The highest BCUT2D eigenvalue weighted by Crippen LogP contribution is 2.32. The highest BCUT2D eigenvalue weighted by molar-refractivity contribution is 7.14. The molecule has 0 unspecified atom stereocenters. The molecule has 1 amide bonds. The maximum atomic E-state index is 13.6. The van der Waals surface area contributed by atoms with E-state index in [0.29, 0.717) is 10.8 Å². The van der Waals surface area contributed by atoms with Crippen molar-refractivity contribution in [2.24, 2.45) is 5.92 Å². The van der Waals surface area contributed by atoms with Crippen molar-refractivity contribution in [3.05, 3.63) is 51.2 Å². The number of rotatable bonds is 2. The van der Waals surface area contributed by atoms with Gasteiger partial charge in [0.1, 0.15) is 11.6 Å². The van der Waals surface area contributed by atoms with Gasteiger partial charge in [0.2, 0.25) is 0 Å². The first-order valence-corrected chi connectivity index (χ1v) is 7.72. The molecule has 0 fully saturated rings. The average molecular weight is 307 g/mol. The van der Waals surface area contributed by atoms with E-state index in [4.69, 9.17) is 0 Å². The number of hydrogen-bond donors (Lipinski definition) is 1. The first-order valence-electron chi connectivity index (χ1n) is 6.91. The molecule has 1 aliphatic carbocycles. The summed E-state index contributed by atoms with van der Waals surface area (Å²) in [6, 6.07) is 5.02. The lowest BCUT2D eigenvalue weighted by atomic mass is 9.90. The van der Waals surface area contributed by atoms with E-state index in [1.165, 1.54) is 27.8 Å². The summed E-state index contributed by atoms with van der Waals surface area (Å²) in [5.41, 5.74) is 1.23.